The first kappa shape index (κ1) is 22.8. The van der Waals surface area contributed by atoms with Crippen molar-refractivity contribution >= 4 is 28.7 Å². The summed E-state index contributed by atoms with van der Waals surface area (Å²) in [7, 11) is 0. The maximum Gasteiger partial charge on any atom is 0.256 e. The van der Waals surface area contributed by atoms with Gasteiger partial charge >= 0.3 is 0 Å². The van der Waals surface area contributed by atoms with Gasteiger partial charge in [-0.1, -0.05) is 38.0 Å². The Morgan fingerprint density at radius 1 is 0.943 bits per heavy atom. The standard InChI is InChI=1S/C28H29N5O2/c1-17-7-14-25(29-16-17)33-27(34)20-10-8-19(9-11-20)26-30-23-13-12-21(15-24(23)31-26)28(35)32-22-6-4-3-5-18(22)2/h7-16,18,22H,3-6H2,1-2H3,(H,30,31)(H,32,35)(H,29,33,34). The van der Waals surface area contributed by atoms with E-state index in [1.807, 2.05) is 43.3 Å². The van der Waals surface area contributed by atoms with Crippen LogP contribution >= 0.6 is 0 Å². The van der Waals surface area contributed by atoms with E-state index in [0.29, 0.717) is 28.7 Å². The minimum atomic E-state index is -0.222. The molecule has 0 aliphatic heterocycles. The highest BCUT2D eigenvalue weighted by Gasteiger charge is 2.23. The number of fused-ring (bicyclic) bond motifs is 1. The second-order valence-electron chi connectivity index (χ2n) is 9.41. The summed E-state index contributed by atoms with van der Waals surface area (Å²) in [6.07, 6.45) is 6.32. The van der Waals surface area contributed by atoms with Crippen molar-refractivity contribution in [1.29, 1.82) is 0 Å². The molecule has 2 heterocycles. The number of aromatic nitrogens is 3. The van der Waals surface area contributed by atoms with Crippen molar-refractivity contribution < 1.29 is 9.59 Å². The predicted molar refractivity (Wildman–Crippen MR) is 137 cm³/mol. The van der Waals surface area contributed by atoms with Gasteiger partial charge in [0, 0.05) is 28.9 Å². The lowest BCUT2D eigenvalue weighted by atomic mass is 9.86. The average Bonchev–Trinajstić information content (AvgIpc) is 3.30. The van der Waals surface area contributed by atoms with Crippen molar-refractivity contribution in [2.75, 3.05) is 5.32 Å². The maximum absolute atomic E-state index is 12.8. The van der Waals surface area contributed by atoms with Crippen LogP contribution in [0, 0.1) is 12.8 Å². The highest BCUT2D eigenvalue weighted by molar-refractivity contribution is 6.04. The Balaban J connectivity index is 1.29. The highest BCUT2D eigenvalue weighted by Crippen LogP contribution is 2.25. The minimum absolute atomic E-state index is 0.0476. The van der Waals surface area contributed by atoms with Crippen LogP contribution in [0.1, 0.15) is 58.9 Å². The van der Waals surface area contributed by atoms with Crippen LogP contribution < -0.4 is 10.6 Å². The fraction of sp³-hybridized carbons (Fsp3) is 0.286. The van der Waals surface area contributed by atoms with Crippen LogP contribution in [0.5, 0.6) is 0 Å². The third-order valence-electron chi connectivity index (χ3n) is 6.75. The van der Waals surface area contributed by atoms with Crippen LogP contribution in [0.3, 0.4) is 0 Å². The van der Waals surface area contributed by atoms with Gasteiger partial charge in [-0.25, -0.2) is 9.97 Å². The molecular formula is C28H29N5O2. The number of aromatic amines is 1. The highest BCUT2D eigenvalue weighted by atomic mass is 16.2. The van der Waals surface area contributed by atoms with Gasteiger partial charge in [-0.2, -0.15) is 0 Å². The Hall–Kier alpha value is -4.00. The van der Waals surface area contributed by atoms with E-state index in [4.69, 9.17) is 4.98 Å². The number of benzene rings is 2. The van der Waals surface area contributed by atoms with E-state index in [2.05, 4.69) is 27.5 Å². The molecule has 2 atom stereocenters. The van der Waals surface area contributed by atoms with Gasteiger partial charge in [0.1, 0.15) is 11.6 Å². The Morgan fingerprint density at radius 3 is 2.46 bits per heavy atom. The number of imidazole rings is 1. The SMILES string of the molecule is Cc1ccc(NC(=O)c2ccc(-c3nc4cc(C(=O)NC5CCCCC5C)ccc4[nH]3)cc2)nc1. The molecule has 7 heteroatoms. The predicted octanol–water partition coefficient (Wildman–Crippen LogP) is 5.49. The zero-order valence-corrected chi connectivity index (χ0v) is 20.0. The number of rotatable bonds is 5. The van der Waals surface area contributed by atoms with Crippen LogP contribution in [-0.2, 0) is 0 Å². The topological polar surface area (TPSA) is 99.8 Å². The lowest BCUT2D eigenvalue weighted by molar-refractivity contribution is 0.0910. The molecule has 35 heavy (non-hydrogen) atoms. The number of hydrogen-bond acceptors (Lipinski definition) is 4. The molecule has 3 N–H and O–H groups in total. The van der Waals surface area contributed by atoms with Crippen molar-refractivity contribution in [2.24, 2.45) is 5.92 Å². The number of nitrogens with zero attached hydrogens (tertiary/aromatic N) is 2. The van der Waals surface area contributed by atoms with E-state index in [-0.39, 0.29) is 17.9 Å². The number of aryl methyl sites for hydroxylation is 1. The molecule has 0 spiro atoms. The number of nitrogens with one attached hydrogen (secondary N) is 3. The summed E-state index contributed by atoms with van der Waals surface area (Å²) in [6, 6.07) is 16.7. The number of carbonyl (C=O) groups excluding carboxylic acids is 2. The maximum atomic E-state index is 12.8. The quantitative estimate of drug-likeness (QED) is 0.361. The molecule has 1 aliphatic rings. The Morgan fingerprint density at radius 2 is 1.71 bits per heavy atom. The molecule has 7 nitrogen and oxygen atoms in total. The van der Waals surface area contributed by atoms with Crippen LogP contribution in [0.25, 0.3) is 22.4 Å². The summed E-state index contributed by atoms with van der Waals surface area (Å²) >= 11 is 0. The van der Waals surface area contributed by atoms with Crippen LogP contribution in [0.15, 0.2) is 60.8 Å². The molecule has 1 saturated carbocycles. The monoisotopic (exact) mass is 467 g/mol. The number of amides is 2. The van der Waals surface area contributed by atoms with Gasteiger partial charge in [0.05, 0.1) is 11.0 Å². The van der Waals surface area contributed by atoms with Crippen molar-refractivity contribution in [3.8, 4) is 11.4 Å². The Kier molecular flexibility index (Phi) is 6.31. The van der Waals surface area contributed by atoms with E-state index in [0.717, 1.165) is 35.0 Å². The molecule has 2 aromatic carbocycles. The Labute approximate surface area is 204 Å². The average molecular weight is 468 g/mol. The lowest BCUT2D eigenvalue weighted by Crippen LogP contribution is -2.41. The summed E-state index contributed by atoms with van der Waals surface area (Å²) in [5, 5.41) is 6.01. The van der Waals surface area contributed by atoms with Gasteiger partial charge in [0.25, 0.3) is 11.8 Å². The van der Waals surface area contributed by atoms with Gasteiger partial charge < -0.3 is 15.6 Å². The van der Waals surface area contributed by atoms with E-state index in [1.165, 1.54) is 12.8 Å². The molecule has 178 valence electrons. The first-order valence-corrected chi connectivity index (χ1v) is 12.1. The molecule has 4 aromatic rings. The minimum Gasteiger partial charge on any atom is -0.349 e. The van der Waals surface area contributed by atoms with E-state index < -0.39 is 0 Å². The zero-order valence-electron chi connectivity index (χ0n) is 20.0. The van der Waals surface area contributed by atoms with Gasteiger partial charge in [0.15, 0.2) is 0 Å². The second kappa shape index (κ2) is 9.70. The molecule has 0 radical (unpaired) electrons. The first-order chi connectivity index (χ1) is 17.0. The van der Waals surface area contributed by atoms with Crippen molar-refractivity contribution in [3.63, 3.8) is 0 Å². The number of carbonyl (C=O) groups is 2. The number of hydrogen-bond donors (Lipinski definition) is 3. The summed E-state index contributed by atoms with van der Waals surface area (Å²) in [5.74, 6) is 1.44. The molecule has 0 saturated heterocycles. The smallest absolute Gasteiger partial charge is 0.256 e. The van der Waals surface area contributed by atoms with E-state index in [1.54, 1.807) is 24.4 Å². The molecule has 0 bridgehead atoms. The third-order valence-corrected chi connectivity index (χ3v) is 6.75. The largest absolute Gasteiger partial charge is 0.349 e. The number of H-pyrrole nitrogens is 1. The van der Waals surface area contributed by atoms with Gasteiger partial charge in [-0.15, -0.1) is 0 Å². The summed E-state index contributed by atoms with van der Waals surface area (Å²) < 4.78 is 0. The summed E-state index contributed by atoms with van der Waals surface area (Å²) in [4.78, 5) is 37.6. The molecule has 1 fully saturated rings. The molecular weight excluding hydrogens is 438 g/mol. The van der Waals surface area contributed by atoms with Crippen molar-refractivity contribution in [1.82, 2.24) is 20.3 Å². The summed E-state index contributed by atoms with van der Waals surface area (Å²) in [6.45, 7) is 4.16. The normalized spacial score (nSPS) is 17.8. The van der Waals surface area contributed by atoms with Gasteiger partial charge in [-0.3, -0.25) is 9.59 Å². The Bertz CT molecular complexity index is 1360. The van der Waals surface area contributed by atoms with E-state index in [9.17, 15) is 9.59 Å². The van der Waals surface area contributed by atoms with Gasteiger partial charge in [-0.05, 0) is 67.6 Å². The van der Waals surface area contributed by atoms with Crippen LogP contribution in [0.4, 0.5) is 5.82 Å². The first-order valence-electron chi connectivity index (χ1n) is 12.1. The van der Waals surface area contributed by atoms with Crippen molar-refractivity contribution in [2.45, 2.75) is 45.6 Å². The van der Waals surface area contributed by atoms with E-state index >= 15 is 0 Å². The zero-order chi connectivity index (χ0) is 24.4. The number of anilines is 1. The van der Waals surface area contributed by atoms with Gasteiger partial charge in [0.2, 0.25) is 0 Å². The fourth-order valence-corrected chi connectivity index (χ4v) is 4.58. The third kappa shape index (κ3) is 5.09. The molecule has 2 unspecified atom stereocenters. The summed E-state index contributed by atoms with van der Waals surface area (Å²) in [5.41, 5.74) is 4.62. The lowest BCUT2D eigenvalue weighted by Gasteiger charge is -2.29. The second-order valence-corrected chi connectivity index (χ2v) is 9.41. The number of pyridine rings is 1. The molecule has 5 rings (SSSR count). The fourth-order valence-electron chi connectivity index (χ4n) is 4.58. The van der Waals surface area contributed by atoms with Crippen LogP contribution in [0.2, 0.25) is 0 Å². The molecule has 2 aromatic heterocycles. The molecule has 1 aliphatic carbocycles. The molecule has 2 amide bonds. The van der Waals surface area contributed by atoms with Crippen molar-refractivity contribution in [3.05, 3.63) is 77.5 Å². The van der Waals surface area contributed by atoms with Crippen LogP contribution in [-0.4, -0.2) is 32.8 Å².